The predicted molar refractivity (Wildman–Crippen MR) is 108 cm³/mol. The number of nitrogens with zero attached hydrogens (tertiary/aromatic N) is 1. The van der Waals surface area contributed by atoms with Crippen molar-refractivity contribution in [3.8, 4) is 0 Å². The summed E-state index contributed by atoms with van der Waals surface area (Å²) in [6.07, 6.45) is 3.92. The number of hydrogen-bond acceptors (Lipinski definition) is 4. The highest BCUT2D eigenvalue weighted by molar-refractivity contribution is 7.17. The molecule has 0 atom stereocenters. The third kappa shape index (κ3) is 3.03. The van der Waals surface area contributed by atoms with Crippen molar-refractivity contribution in [1.29, 1.82) is 0 Å². The zero-order valence-corrected chi connectivity index (χ0v) is 16.7. The molecule has 1 aliphatic carbocycles. The average Bonchev–Trinajstić information content (AvgIpc) is 3.20. The number of carbonyl (C=O) groups is 2. The zero-order valence-electron chi connectivity index (χ0n) is 15.1. The number of aryl methyl sites for hydroxylation is 2. The van der Waals surface area contributed by atoms with Crippen LogP contribution in [0.4, 0.5) is 5.00 Å². The Kier molecular flexibility index (Phi) is 4.70. The largest absolute Gasteiger partial charge is 0.465 e. The lowest BCUT2D eigenvalue weighted by Gasteiger charge is -2.11. The van der Waals surface area contributed by atoms with Crippen LogP contribution in [-0.4, -0.2) is 23.6 Å². The van der Waals surface area contributed by atoms with Crippen molar-refractivity contribution in [1.82, 2.24) is 4.57 Å². The van der Waals surface area contributed by atoms with E-state index in [0.717, 1.165) is 47.0 Å². The molecule has 1 aliphatic rings. The van der Waals surface area contributed by atoms with Crippen LogP contribution < -0.4 is 5.32 Å². The molecule has 4 rings (SSSR count). The van der Waals surface area contributed by atoms with Crippen molar-refractivity contribution in [2.45, 2.75) is 25.7 Å². The van der Waals surface area contributed by atoms with Gasteiger partial charge < -0.3 is 14.6 Å². The van der Waals surface area contributed by atoms with Crippen LogP contribution in [0.2, 0.25) is 5.02 Å². The van der Waals surface area contributed by atoms with Gasteiger partial charge in [-0.3, -0.25) is 4.79 Å². The summed E-state index contributed by atoms with van der Waals surface area (Å²) < 4.78 is 6.78. The molecule has 3 aromatic rings. The zero-order chi connectivity index (χ0) is 19.1. The first-order valence-corrected chi connectivity index (χ1v) is 9.99. The van der Waals surface area contributed by atoms with Gasteiger partial charge in [0.25, 0.3) is 5.91 Å². The van der Waals surface area contributed by atoms with Crippen LogP contribution in [0.15, 0.2) is 24.3 Å². The number of ether oxygens (including phenoxy) is 1. The molecule has 5 nitrogen and oxygen atoms in total. The van der Waals surface area contributed by atoms with Gasteiger partial charge in [-0.1, -0.05) is 17.7 Å². The summed E-state index contributed by atoms with van der Waals surface area (Å²) in [7, 11) is 3.20. The van der Waals surface area contributed by atoms with Gasteiger partial charge in [-0.2, -0.15) is 0 Å². The summed E-state index contributed by atoms with van der Waals surface area (Å²) in [4.78, 5) is 26.5. The predicted octanol–water partition coefficient (Wildman–Crippen LogP) is 4.81. The topological polar surface area (TPSA) is 60.3 Å². The van der Waals surface area contributed by atoms with Crippen LogP contribution in [0.3, 0.4) is 0 Å². The Bertz CT molecular complexity index is 1070. The standard InChI is InChI=1S/C20H19ClN2O3S/c1-23-14-8-5-7-13(21)12(14)10-15(23)18(24)22-19-17(20(25)26-2)11-6-3-4-9-16(11)27-19/h5,7-8,10H,3-4,6,9H2,1-2H3,(H,22,24). The number of anilines is 1. The molecule has 0 saturated carbocycles. The van der Waals surface area contributed by atoms with Crippen LogP contribution in [0.5, 0.6) is 0 Å². The number of aromatic nitrogens is 1. The van der Waals surface area contributed by atoms with E-state index in [1.54, 1.807) is 12.1 Å². The van der Waals surface area contributed by atoms with E-state index in [4.69, 9.17) is 16.3 Å². The Hall–Kier alpha value is -2.31. The lowest BCUT2D eigenvalue weighted by atomic mass is 9.95. The number of halogens is 1. The van der Waals surface area contributed by atoms with E-state index in [0.29, 0.717) is 21.3 Å². The highest BCUT2D eigenvalue weighted by Gasteiger charge is 2.27. The molecular weight excluding hydrogens is 384 g/mol. The van der Waals surface area contributed by atoms with Crippen LogP contribution >= 0.6 is 22.9 Å². The summed E-state index contributed by atoms with van der Waals surface area (Å²) in [6, 6.07) is 7.35. The summed E-state index contributed by atoms with van der Waals surface area (Å²) >= 11 is 7.73. The fraction of sp³-hybridized carbons (Fsp3) is 0.300. The van der Waals surface area contributed by atoms with Crippen LogP contribution in [-0.2, 0) is 24.6 Å². The van der Waals surface area contributed by atoms with Gasteiger partial charge in [0.05, 0.1) is 12.7 Å². The van der Waals surface area contributed by atoms with Crippen LogP contribution in [0.1, 0.15) is 44.1 Å². The molecule has 27 heavy (non-hydrogen) atoms. The normalized spacial score (nSPS) is 13.4. The molecule has 1 amide bonds. The van der Waals surface area contributed by atoms with Gasteiger partial charge in [0, 0.05) is 27.9 Å². The number of carbonyl (C=O) groups excluding carboxylic acids is 2. The van der Waals surface area contributed by atoms with Crippen molar-refractivity contribution >= 4 is 50.7 Å². The summed E-state index contributed by atoms with van der Waals surface area (Å²) in [5.41, 5.74) is 2.89. The smallest absolute Gasteiger partial charge is 0.341 e. The van der Waals surface area contributed by atoms with Gasteiger partial charge in [-0.15, -0.1) is 11.3 Å². The number of fused-ring (bicyclic) bond motifs is 2. The maximum absolute atomic E-state index is 13.0. The minimum Gasteiger partial charge on any atom is -0.465 e. The van der Waals surface area contributed by atoms with Gasteiger partial charge in [-0.25, -0.2) is 4.79 Å². The molecule has 2 heterocycles. The molecule has 1 aromatic carbocycles. The minimum absolute atomic E-state index is 0.270. The van der Waals surface area contributed by atoms with E-state index in [1.807, 2.05) is 23.7 Å². The first-order valence-electron chi connectivity index (χ1n) is 8.79. The lowest BCUT2D eigenvalue weighted by Crippen LogP contribution is -2.17. The molecule has 0 saturated heterocycles. The second kappa shape index (κ2) is 7.02. The van der Waals surface area contributed by atoms with E-state index in [-0.39, 0.29) is 5.91 Å². The van der Waals surface area contributed by atoms with E-state index < -0.39 is 5.97 Å². The number of benzene rings is 1. The number of methoxy groups -OCH3 is 1. The second-order valence-corrected chi connectivity index (χ2v) is 8.13. The van der Waals surface area contributed by atoms with E-state index in [9.17, 15) is 9.59 Å². The highest BCUT2D eigenvalue weighted by Crippen LogP contribution is 2.39. The third-order valence-corrected chi connectivity index (χ3v) is 6.59. The monoisotopic (exact) mass is 402 g/mol. The average molecular weight is 403 g/mol. The van der Waals surface area contributed by atoms with E-state index in [2.05, 4.69) is 5.32 Å². The summed E-state index contributed by atoms with van der Waals surface area (Å²) in [5.74, 6) is -0.668. The highest BCUT2D eigenvalue weighted by atomic mass is 35.5. The van der Waals surface area contributed by atoms with Crippen LogP contribution in [0.25, 0.3) is 10.9 Å². The Labute approximate surface area is 165 Å². The first-order chi connectivity index (χ1) is 13.0. The Balaban J connectivity index is 1.74. The van der Waals surface area contributed by atoms with Gasteiger partial charge >= 0.3 is 5.97 Å². The SMILES string of the molecule is COC(=O)c1c(NC(=O)c2cc3c(Cl)cccc3n2C)sc2c1CCCC2. The summed E-state index contributed by atoms with van der Waals surface area (Å²) in [6.45, 7) is 0. The van der Waals surface area contributed by atoms with Crippen molar-refractivity contribution in [3.05, 3.63) is 51.0 Å². The van der Waals surface area contributed by atoms with Crippen molar-refractivity contribution in [2.24, 2.45) is 7.05 Å². The molecule has 0 radical (unpaired) electrons. The number of esters is 1. The number of hydrogen-bond donors (Lipinski definition) is 1. The van der Waals surface area contributed by atoms with Gasteiger partial charge in [0.1, 0.15) is 10.7 Å². The van der Waals surface area contributed by atoms with Crippen molar-refractivity contribution < 1.29 is 14.3 Å². The fourth-order valence-electron chi connectivity index (χ4n) is 3.68. The molecule has 0 spiro atoms. The Morgan fingerprint density at radius 3 is 2.78 bits per heavy atom. The molecule has 1 N–H and O–H groups in total. The molecule has 2 aromatic heterocycles. The summed E-state index contributed by atoms with van der Waals surface area (Å²) in [5, 5.41) is 4.93. The maximum Gasteiger partial charge on any atom is 0.341 e. The number of thiophene rings is 1. The number of rotatable bonds is 3. The molecule has 140 valence electrons. The Morgan fingerprint density at radius 1 is 1.26 bits per heavy atom. The quantitative estimate of drug-likeness (QED) is 0.639. The minimum atomic E-state index is -0.398. The molecule has 0 bridgehead atoms. The van der Waals surface area contributed by atoms with Gasteiger partial charge in [0.2, 0.25) is 0 Å². The molecular formula is C20H19ClN2O3S. The van der Waals surface area contributed by atoms with E-state index in [1.165, 1.54) is 18.4 Å². The lowest BCUT2D eigenvalue weighted by molar-refractivity contribution is 0.0601. The molecule has 0 aliphatic heterocycles. The maximum atomic E-state index is 13.0. The molecule has 7 heteroatoms. The van der Waals surface area contributed by atoms with Gasteiger partial charge in [-0.05, 0) is 49.4 Å². The van der Waals surface area contributed by atoms with Crippen LogP contribution in [0, 0.1) is 0 Å². The fourth-order valence-corrected chi connectivity index (χ4v) is 5.18. The molecule has 0 fully saturated rings. The third-order valence-electron chi connectivity index (χ3n) is 5.05. The van der Waals surface area contributed by atoms with Gasteiger partial charge in [0.15, 0.2) is 0 Å². The number of nitrogens with one attached hydrogen (secondary N) is 1. The van der Waals surface area contributed by atoms with Crippen molar-refractivity contribution in [2.75, 3.05) is 12.4 Å². The second-order valence-electron chi connectivity index (χ2n) is 6.62. The van der Waals surface area contributed by atoms with E-state index >= 15 is 0 Å². The first kappa shape index (κ1) is 18.1. The Morgan fingerprint density at radius 2 is 2.04 bits per heavy atom. The number of amides is 1. The van der Waals surface area contributed by atoms with Crippen molar-refractivity contribution in [3.63, 3.8) is 0 Å². The molecule has 0 unspecified atom stereocenters.